The quantitative estimate of drug-likeness (QED) is 0.0883. The number of rotatable bonds is 0. The Bertz CT molecular complexity index is 3090. The third-order valence-corrected chi connectivity index (χ3v) is 14.1. The molecule has 0 aliphatic heterocycles. The van der Waals surface area contributed by atoms with Crippen LogP contribution >= 0.6 is 44.7 Å². The van der Waals surface area contributed by atoms with Gasteiger partial charge in [0, 0.05) is 8.95 Å². The van der Waals surface area contributed by atoms with E-state index in [1.807, 2.05) is 27.7 Å². The molecule has 0 aromatic heterocycles. The first-order valence-corrected chi connectivity index (χ1v) is 25.6. The number of fused-ring (bicyclic) bond motifs is 8. The van der Waals surface area contributed by atoms with Gasteiger partial charge in [0.15, 0.2) is 0 Å². The Morgan fingerprint density at radius 2 is 0.449 bits per heavy atom. The molecule has 12 aromatic rings. The molecule has 0 N–H and O–H groups in total. The van der Waals surface area contributed by atoms with Gasteiger partial charge in [0.05, 0.1) is 0 Å². The van der Waals surface area contributed by atoms with Gasteiger partial charge in [-0.25, -0.2) is 0 Å². The van der Waals surface area contributed by atoms with Crippen molar-refractivity contribution in [3.05, 3.63) is 237 Å². The Morgan fingerprint density at radius 3 is 0.725 bits per heavy atom. The van der Waals surface area contributed by atoms with E-state index in [9.17, 15) is 0 Å². The van der Waals surface area contributed by atoms with E-state index in [1.165, 1.54) is 117 Å². The van der Waals surface area contributed by atoms with Gasteiger partial charge in [-0.2, -0.15) is 0 Å². The molecule has 0 aliphatic rings. The first kappa shape index (κ1) is 52.3. The van der Waals surface area contributed by atoms with Crippen LogP contribution in [-0.4, -0.2) is 7.64 Å². The number of thiol groups is 1. The van der Waals surface area contributed by atoms with Crippen molar-refractivity contribution in [1.82, 2.24) is 0 Å². The van der Waals surface area contributed by atoms with Crippen LogP contribution in [0.4, 0.5) is 0 Å². The number of aryl methyl sites for hydroxylation is 4. The van der Waals surface area contributed by atoms with Gasteiger partial charge in [-0.15, -0.1) is 0 Å². The van der Waals surface area contributed by atoms with Gasteiger partial charge in [-0.3, -0.25) is 0 Å². The normalized spacial score (nSPS) is 10.3. The summed E-state index contributed by atoms with van der Waals surface area (Å²) in [5.74, 6) is 0. The van der Waals surface area contributed by atoms with Crippen LogP contribution in [0.25, 0.3) is 86.2 Å². The van der Waals surface area contributed by atoms with Crippen LogP contribution in [0.1, 0.15) is 49.9 Å². The first-order valence-electron chi connectivity index (χ1n) is 23.6. The molecular weight excluding hydrogens is 985 g/mol. The molecule has 0 amide bonds. The van der Waals surface area contributed by atoms with E-state index >= 15 is 0 Å². The molecule has 0 aliphatic carbocycles. The van der Waals surface area contributed by atoms with Crippen molar-refractivity contribution < 1.29 is 0 Å². The van der Waals surface area contributed by atoms with Crippen LogP contribution in [0.5, 0.6) is 0 Å². The van der Waals surface area contributed by atoms with Crippen molar-refractivity contribution in [3.8, 4) is 0 Å². The topological polar surface area (TPSA) is 12.4 Å². The summed E-state index contributed by atoms with van der Waals surface area (Å²) in [6, 6.07) is 72.8. The number of hydrogen-bond donors (Lipinski definition) is 1. The monoisotopic (exact) mass is 1040 g/mol. The van der Waals surface area contributed by atoms with Gasteiger partial charge in [-0.05, 0) is 180 Å². The standard InChI is InChI=1S/C16H14.C15H11Br.C15H12.C14H9Br.2C2H6.BHNS/c1-11-13-7-3-5-9-15(13)12(2)16-10-6-4-8-14(11)16;1-10-11-6-2-4-8-13(11)15(16)14-9-5-3-7-12(10)14;1-11-14-8-4-2-6-12(14)10-13-7-3-5-9-15(11)13;15-14-12-7-3-1-5-10(12)9-11-6-2-4-8-13(11)14;2*1-2;1-2-3/h3-10H,1-2H3;2-9H,1H3;2-10H,1H3;1-9H;2*1-2H3;3H. The second kappa shape index (κ2) is 25.5. The third kappa shape index (κ3) is 11.7. The van der Waals surface area contributed by atoms with Gasteiger partial charge in [-0.1, -0.05) is 222 Å². The van der Waals surface area contributed by atoms with E-state index in [-0.39, 0.29) is 0 Å². The molecule has 12 aromatic carbocycles. The average molecular weight is 1040 g/mol. The van der Waals surface area contributed by atoms with Crippen molar-refractivity contribution >= 4 is 138 Å². The van der Waals surface area contributed by atoms with Crippen molar-refractivity contribution in [2.24, 2.45) is 4.30 Å². The van der Waals surface area contributed by atoms with E-state index in [0.29, 0.717) is 0 Å². The summed E-state index contributed by atoms with van der Waals surface area (Å²) < 4.78 is 5.08. The molecule has 69 heavy (non-hydrogen) atoms. The Kier molecular flexibility index (Phi) is 19.3. The zero-order valence-corrected chi connectivity index (χ0v) is 44.9. The first-order chi connectivity index (χ1) is 33.7. The zero-order chi connectivity index (χ0) is 49.5. The molecule has 0 bridgehead atoms. The predicted octanol–water partition coefficient (Wildman–Crippen LogP) is 21.0. The molecule has 0 atom stereocenters. The van der Waals surface area contributed by atoms with Crippen molar-refractivity contribution in [2.45, 2.75) is 55.4 Å². The van der Waals surface area contributed by atoms with Gasteiger partial charge < -0.3 is 0 Å². The summed E-state index contributed by atoms with van der Waals surface area (Å²) in [7, 11) is 4.34. The molecule has 343 valence electrons. The van der Waals surface area contributed by atoms with Gasteiger partial charge in [0.2, 0.25) is 0 Å². The molecule has 1 radical (unpaired) electrons. The fraction of sp³-hybridized carbons (Fsp3) is 0.125. The molecule has 0 spiro atoms. The zero-order valence-electron chi connectivity index (χ0n) is 40.9. The maximum atomic E-state index is 4.34. The summed E-state index contributed by atoms with van der Waals surface area (Å²) in [6.07, 6.45) is 0. The molecule has 12 rings (SSSR count). The molecule has 1 nitrogen and oxygen atoms in total. The molecule has 0 heterocycles. The Hall–Kier alpha value is -6.11. The van der Waals surface area contributed by atoms with Crippen molar-refractivity contribution in [1.29, 1.82) is 0 Å². The van der Waals surface area contributed by atoms with Gasteiger partial charge in [0.25, 0.3) is 0 Å². The second-order valence-corrected chi connectivity index (χ2v) is 17.9. The Morgan fingerprint density at radius 1 is 0.290 bits per heavy atom. The van der Waals surface area contributed by atoms with Crippen molar-refractivity contribution in [3.63, 3.8) is 0 Å². The summed E-state index contributed by atoms with van der Waals surface area (Å²) >= 11 is 10.6. The van der Waals surface area contributed by atoms with Gasteiger partial charge in [0.1, 0.15) is 0 Å². The Balaban J connectivity index is 0.000000145. The minimum absolute atomic E-state index is 1.19. The fourth-order valence-electron chi connectivity index (χ4n) is 9.06. The summed E-state index contributed by atoms with van der Waals surface area (Å²) in [5.41, 5.74) is 5.51. The number of nitrogens with zero attached hydrogens (tertiary/aromatic N) is 1. The van der Waals surface area contributed by atoms with E-state index in [2.05, 4.69) is 291 Å². The SMILES string of the molecule is Brc1c2ccccc2cc2ccccc12.CC.CC.Cc1c2ccccc2c(Br)c2ccccc12.Cc1c2ccccc2c(C)c2ccccc12.Cc1c2ccccc2cc2ccccc12.[B]=NS. The van der Waals surface area contributed by atoms with Crippen LogP contribution in [0, 0.1) is 27.7 Å². The van der Waals surface area contributed by atoms with Crippen molar-refractivity contribution in [2.75, 3.05) is 0 Å². The number of halogens is 2. The van der Waals surface area contributed by atoms with E-state index in [0.717, 1.165) is 0 Å². The molecule has 0 saturated carbocycles. The second-order valence-electron chi connectivity index (χ2n) is 16.1. The van der Waals surface area contributed by atoms with E-state index in [4.69, 9.17) is 0 Å². The van der Waals surface area contributed by atoms with Crippen LogP contribution in [0.3, 0.4) is 0 Å². The fourth-order valence-corrected chi connectivity index (χ4v) is 10.5. The maximum absolute atomic E-state index is 4.34. The van der Waals surface area contributed by atoms with Crippen LogP contribution in [-0.2, 0) is 0 Å². The molecule has 0 unspecified atom stereocenters. The molecule has 0 saturated heterocycles. The summed E-state index contributed by atoms with van der Waals surface area (Å²) in [4.78, 5) is 0. The predicted molar refractivity (Wildman–Crippen MR) is 320 cm³/mol. The minimum atomic E-state index is 1.19. The molecule has 0 fully saturated rings. The van der Waals surface area contributed by atoms with Crippen LogP contribution in [0.15, 0.2) is 220 Å². The van der Waals surface area contributed by atoms with E-state index < -0.39 is 0 Å². The average Bonchev–Trinajstić information content (AvgIpc) is 3.42. The summed E-state index contributed by atoms with van der Waals surface area (Å²) in [5, 5.41) is 21.2. The molecule has 5 heteroatoms. The van der Waals surface area contributed by atoms with Gasteiger partial charge >= 0.3 is 24.8 Å². The van der Waals surface area contributed by atoms with Crippen LogP contribution in [0.2, 0.25) is 0 Å². The molecular formula is C64H59BBr2NS. The summed E-state index contributed by atoms with van der Waals surface area (Å²) in [6.45, 7) is 16.8. The number of benzene rings is 12. The van der Waals surface area contributed by atoms with Crippen LogP contribution < -0.4 is 0 Å². The van der Waals surface area contributed by atoms with E-state index in [1.54, 1.807) is 0 Å². The number of hydrogen-bond acceptors (Lipinski definition) is 2. The Labute approximate surface area is 432 Å². The third-order valence-electron chi connectivity index (χ3n) is 12.4.